The van der Waals surface area contributed by atoms with Gasteiger partial charge in [-0.25, -0.2) is 17.6 Å². The molecule has 1 saturated heterocycles. The zero-order valence-electron chi connectivity index (χ0n) is 16.1. The van der Waals surface area contributed by atoms with E-state index < -0.39 is 39.2 Å². The Balaban J connectivity index is 1.70. The highest BCUT2D eigenvalue weighted by atomic mass is 28.3. The summed E-state index contributed by atoms with van der Waals surface area (Å²) in [6, 6.07) is 14.3. The third-order valence-electron chi connectivity index (χ3n) is 5.61. The third-order valence-corrected chi connectivity index (χ3v) is 9.30. The first-order valence-corrected chi connectivity index (χ1v) is 12.4. The molecule has 0 aromatic heterocycles. The lowest BCUT2D eigenvalue weighted by molar-refractivity contribution is 0.0777. The minimum atomic E-state index is -2.79. The van der Waals surface area contributed by atoms with Gasteiger partial charge >= 0.3 is 0 Å². The van der Waals surface area contributed by atoms with E-state index in [9.17, 15) is 17.6 Å². The van der Waals surface area contributed by atoms with Crippen molar-refractivity contribution >= 4 is 8.80 Å². The van der Waals surface area contributed by atoms with Gasteiger partial charge in [-0.15, -0.1) is 0 Å². The largest absolute Gasteiger partial charge is 0.482 e. The van der Waals surface area contributed by atoms with Crippen LogP contribution in [0.25, 0.3) is 11.1 Å². The van der Waals surface area contributed by atoms with Crippen molar-refractivity contribution in [2.24, 2.45) is 0 Å². The van der Waals surface area contributed by atoms with Gasteiger partial charge in [-0.2, -0.15) is 0 Å². The molecule has 1 nitrogen and oxygen atoms in total. The van der Waals surface area contributed by atoms with Gasteiger partial charge in [0.2, 0.25) is 0 Å². The van der Waals surface area contributed by atoms with Gasteiger partial charge in [0, 0.05) is 8.80 Å². The lowest BCUT2D eigenvalue weighted by Gasteiger charge is -2.27. The summed E-state index contributed by atoms with van der Waals surface area (Å²) in [5.41, 5.74) is 2.34. The topological polar surface area (TPSA) is 9.23 Å². The maximum atomic E-state index is 14.1. The van der Waals surface area contributed by atoms with E-state index >= 15 is 0 Å². The average molecular weight is 411 g/mol. The van der Waals surface area contributed by atoms with Gasteiger partial charge in [0.05, 0.1) is 0 Å². The molecule has 28 heavy (non-hydrogen) atoms. The fourth-order valence-corrected chi connectivity index (χ4v) is 7.58. The molecule has 3 rings (SSSR count). The maximum absolute atomic E-state index is 14.1. The molecule has 0 bridgehead atoms. The van der Waals surface area contributed by atoms with Crippen LogP contribution in [0.4, 0.5) is 17.6 Å². The van der Waals surface area contributed by atoms with Crippen molar-refractivity contribution in [1.29, 1.82) is 0 Å². The second-order valence-corrected chi connectivity index (χ2v) is 11.1. The van der Waals surface area contributed by atoms with E-state index in [1.54, 1.807) is 0 Å². The Labute approximate surface area is 165 Å². The number of benzene rings is 2. The fourth-order valence-electron chi connectivity index (χ4n) is 4.15. The molecule has 0 radical (unpaired) electrons. The number of hydrogen-bond donors (Lipinski definition) is 0. The van der Waals surface area contributed by atoms with Crippen LogP contribution in [0.3, 0.4) is 0 Å². The summed E-state index contributed by atoms with van der Waals surface area (Å²) in [6.07, 6.45) is 1.01. The normalized spacial score (nSPS) is 19.8. The molecular formula is C22H26F4OSi. The van der Waals surface area contributed by atoms with Crippen LogP contribution in [0.15, 0.2) is 36.4 Å². The van der Waals surface area contributed by atoms with Gasteiger partial charge in [0.25, 0.3) is 6.43 Å². The summed E-state index contributed by atoms with van der Waals surface area (Å²) in [5.74, 6) is -2.13. The summed E-state index contributed by atoms with van der Waals surface area (Å²) in [7, 11) is -0.518. The molecule has 0 unspecified atom stereocenters. The zero-order chi connectivity index (χ0) is 20.1. The van der Waals surface area contributed by atoms with Crippen LogP contribution < -0.4 is 4.74 Å². The minimum absolute atomic E-state index is 0.366. The zero-order valence-corrected chi connectivity index (χ0v) is 17.2. The molecule has 0 atom stereocenters. The SMILES string of the molecule is CCC[Si@H]1CC[C@H](c2ccc(-c3cc(F)c(OCC(F)F)c(F)c3)cc2)CC1. The van der Waals surface area contributed by atoms with Crippen LogP contribution in [-0.2, 0) is 0 Å². The van der Waals surface area contributed by atoms with Gasteiger partial charge in [0.15, 0.2) is 17.4 Å². The van der Waals surface area contributed by atoms with Gasteiger partial charge < -0.3 is 4.74 Å². The summed E-state index contributed by atoms with van der Waals surface area (Å²) in [5, 5.41) is 0. The van der Waals surface area contributed by atoms with Crippen LogP contribution in [0, 0.1) is 11.6 Å². The van der Waals surface area contributed by atoms with Gasteiger partial charge in [-0.05, 0) is 47.6 Å². The smallest absolute Gasteiger partial charge is 0.272 e. The standard InChI is InChI=1S/C22H26F4OSi/c1-2-9-28-10-7-17(8-11-28)15-3-5-16(6-4-15)18-12-19(23)22(20(24)13-18)27-14-21(25)26/h3-6,12-13,17,21,28H,2,7-11,14H2,1H3/t17-,28-. The molecular weight excluding hydrogens is 384 g/mol. The molecule has 0 N–H and O–H groups in total. The number of hydrogen-bond acceptors (Lipinski definition) is 1. The summed E-state index contributed by atoms with van der Waals surface area (Å²) >= 11 is 0. The summed E-state index contributed by atoms with van der Waals surface area (Å²) < 4.78 is 57.2. The Morgan fingerprint density at radius 3 is 2.14 bits per heavy atom. The van der Waals surface area contributed by atoms with E-state index in [1.807, 2.05) is 24.3 Å². The molecule has 1 fully saturated rings. The predicted molar refractivity (Wildman–Crippen MR) is 107 cm³/mol. The van der Waals surface area contributed by atoms with E-state index in [-0.39, 0.29) is 0 Å². The van der Waals surface area contributed by atoms with E-state index in [2.05, 4.69) is 11.7 Å². The second-order valence-electron chi connectivity index (χ2n) is 7.60. The Hall–Kier alpha value is -1.82. The molecule has 152 valence electrons. The number of alkyl halides is 2. The van der Waals surface area contributed by atoms with Crippen molar-refractivity contribution in [2.75, 3.05) is 6.61 Å². The van der Waals surface area contributed by atoms with Crippen molar-refractivity contribution in [3.63, 3.8) is 0 Å². The van der Waals surface area contributed by atoms with Crippen LogP contribution in [0.1, 0.15) is 37.7 Å². The van der Waals surface area contributed by atoms with Gasteiger partial charge in [0.1, 0.15) is 6.61 Å². The predicted octanol–water partition coefficient (Wildman–Crippen LogP) is 6.79. The Morgan fingerprint density at radius 1 is 1.00 bits per heavy atom. The highest BCUT2D eigenvalue weighted by molar-refractivity contribution is 6.59. The van der Waals surface area contributed by atoms with Gasteiger partial charge in [-0.3, -0.25) is 0 Å². The van der Waals surface area contributed by atoms with Crippen molar-refractivity contribution in [3.05, 3.63) is 53.6 Å². The molecule has 0 aliphatic carbocycles. The molecule has 0 spiro atoms. The minimum Gasteiger partial charge on any atom is -0.482 e. The number of rotatable bonds is 7. The molecule has 6 heteroatoms. The highest BCUT2D eigenvalue weighted by Gasteiger charge is 2.23. The molecule has 1 heterocycles. The molecule has 2 aromatic carbocycles. The maximum Gasteiger partial charge on any atom is 0.272 e. The quantitative estimate of drug-likeness (QED) is 0.361. The first kappa shape index (κ1) is 20.9. The van der Waals surface area contributed by atoms with Crippen LogP contribution in [0.5, 0.6) is 5.75 Å². The van der Waals surface area contributed by atoms with Crippen molar-refractivity contribution in [2.45, 2.75) is 56.7 Å². The Bertz CT molecular complexity index is 748. The second kappa shape index (κ2) is 9.59. The third kappa shape index (κ3) is 5.16. The van der Waals surface area contributed by atoms with E-state index in [0.29, 0.717) is 17.0 Å². The molecule has 1 aliphatic rings. The lowest BCUT2D eigenvalue weighted by atomic mass is 9.92. The molecule has 0 amide bonds. The van der Waals surface area contributed by atoms with Crippen molar-refractivity contribution in [3.8, 4) is 16.9 Å². The van der Waals surface area contributed by atoms with E-state index in [0.717, 1.165) is 12.1 Å². The molecule has 0 saturated carbocycles. The summed E-state index contributed by atoms with van der Waals surface area (Å²) in [4.78, 5) is 0. The Morgan fingerprint density at radius 2 is 1.61 bits per heavy atom. The monoisotopic (exact) mass is 410 g/mol. The van der Waals surface area contributed by atoms with Crippen molar-refractivity contribution in [1.82, 2.24) is 0 Å². The van der Waals surface area contributed by atoms with Crippen LogP contribution in [0.2, 0.25) is 18.1 Å². The summed E-state index contributed by atoms with van der Waals surface area (Å²) in [6.45, 7) is 1.23. The van der Waals surface area contributed by atoms with E-state index in [4.69, 9.17) is 0 Å². The number of halogens is 4. The lowest BCUT2D eigenvalue weighted by Crippen LogP contribution is -2.19. The van der Waals surface area contributed by atoms with Crippen molar-refractivity contribution < 1.29 is 22.3 Å². The number of ether oxygens (including phenoxy) is 1. The average Bonchev–Trinajstić information content (AvgIpc) is 2.68. The fraction of sp³-hybridized carbons (Fsp3) is 0.455. The van der Waals surface area contributed by atoms with E-state index in [1.165, 1.54) is 43.0 Å². The first-order valence-electron chi connectivity index (χ1n) is 9.98. The highest BCUT2D eigenvalue weighted by Crippen LogP contribution is 2.36. The Kier molecular flexibility index (Phi) is 7.16. The first-order chi connectivity index (χ1) is 13.5. The van der Waals surface area contributed by atoms with Gasteiger partial charge in [-0.1, -0.05) is 55.7 Å². The molecule has 1 aliphatic heterocycles. The van der Waals surface area contributed by atoms with Crippen LogP contribution in [-0.4, -0.2) is 21.8 Å². The molecule has 2 aromatic rings. The van der Waals surface area contributed by atoms with Crippen LogP contribution >= 0.6 is 0 Å².